The van der Waals surface area contributed by atoms with Crippen LogP contribution in [0.3, 0.4) is 0 Å². The van der Waals surface area contributed by atoms with Gasteiger partial charge in [0, 0.05) is 13.0 Å². The molecule has 5 nitrogen and oxygen atoms in total. The summed E-state index contributed by atoms with van der Waals surface area (Å²) in [7, 11) is -3.35. The van der Waals surface area contributed by atoms with Gasteiger partial charge in [-0.1, -0.05) is 30.3 Å². The third kappa shape index (κ3) is 4.77. The fourth-order valence-electron chi connectivity index (χ4n) is 4.88. The number of benzene rings is 2. The number of piperidine rings is 1. The molecule has 31 heavy (non-hydrogen) atoms. The molecule has 3 atom stereocenters. The number of rotatable bonds is 5. The lowest BCUT2D eigenvalue weighted by Crippen LogP contribution is -2.44. The molecule has 2 N–H and O–H groups in total. The van der Waals surface area contributed by atoms with Crippen LogP contribution >= 0.6 is 12.4 Å². The van der Waals surface area contributed by atoms with Gasteiger partial charge >= 0.3 is 0 Å². The summed E-state index contributed by atoms with van der Waals surface area (Å²) in [6.07, 6.45) is 3.66. The van der Waals surface area contributed by atoms with Gasteiger partial charge in [-0.05, 0) is 74.8 Å². The molecule has 170 valence electrons. The summed E-state index contributed by atoms with van der Waals surface area (Å²) in [4.78, 5) is 0.417. The molecule has 2 aliphatic heterocycles. The topological polar surface area (TPSA) is 72.6 Å². The van der Waals surface area contributed by atoms with E-state index in [0.29, 0.717) is 10.8 Å². The van der Waals surface area contributed by atoms with E-state index < -0.39 is 15.1 Å². The van der Waals surface area contributed by atoms with Gasteiger partial charge in [-0.25, -0.2) is 13.4 Å². The molecule has 0 amide bonds. The quantitative estimate of drug-likeness (QED) is 0.660. The van der Waals surface area contributed by atoms with E-state index in [1.807, 2.05) is 42.3 Å². The summed E-state index contributed by atoms with van der Waals surface area (Å²) < 4.78 is 32.0. The van der Waals surface area contributed by atoms with E-state index in [1.54, 1.807) is 13.8 Å². The second kappa shape index (κ2) is 9.49. The molecule has 1 unspecified atom stereocenters. The molecular formula is C24H33ClN2O3S. The van der Waals surface area contributed by atoms with Crippen molar-refractivity contribution in [1.82, 2.24) is 5.01 Å². The van der Waals surface area contributed by atoms with Crippen molar-refractivity contribution in [1.29, 1.82) is 0 Å². The monoisotopic (exact) mass is 464 g/mol. The molecule has 2 aromatic rings. The van der Waals surface area contributed by atoms with Gasteiger partial charge in [-0.2, -0.15) is 0 Å². The van der Waals surface area contributed by atoms with Crippen LogP contribution in [0.25, 0.3) is 0 Å². The van der Waals surface area contributed by atoms with Gasteiger partial charge in [0.15, 0.2) is 9.84 Å². The molecule has 2 heterocycles. The first-order valence-electron chi connectivity index (χ1n) is 10.9. The molecule has 0 bridgehead atoms. The van der Waals surface area contributed by atoms with Crippen LogP contribution in [0.4, 0.5) is 0 Å². The molecular weight excluding hydrogens is 432 g/mol. The van der Waals surface area contributed by atoms with E-state index in [2.05, 4.69) is 12.1 Å². The predicted octanol–water partition coefficient (Wildman–Crippen LogP) is 4.48. The van der Waals surface area contributed by atoms with E-state index in [-0.39, 0.29) is 24.6 Å². The molecule has 0 aliphatic carbocycles. The highest BCUT2D eigenvalue weighted by Gasteiger charge is 2.34. The van der Waals surface area contributed by atoms with Crippen LogP contribution < -0.4 is 10.6 Å². The van der Waals surface area contributed by atoms with Crippen LogP contribution in [-0.4, -0.2) is 31.3 Å². The van der Waals surface area contributed by atoms with Crippen LogP contribution in [0.2, 0.25) is 0 Å². The maximum atomic E-state index is 12.9. The van der Waals surface area contributed by atoms with E-state index in [0.717, 1.165) is 49.1 Å². The standard InChI is InChI=1S/C24H32N2O3S.ClH/c1-16(2)30(27,28)22-14-20-12-17(3)29-24(20)21(15-22)13-19-10-7-11-26(25)23(19)18-8-5-4-6-9-18;/h4-6,8-9,14-17,19,23H,7,10-13,25H2,1-3H3;1H/t17-,19-,23?;/m0./s1. The molecule has 2 aliphatic rings. The predicted molar refractivity (Wildman–Crippen MR) is 126 cm³/mol. The summed E-state index contributed by atoms with van der Waals surface area (Å²) in [5.41, 5.74) is 3.22. The van der Waals surface area contributed by atoms with Gasteiger partial charge in [0.25, 0.3) is 0 Å². The van der Waals surface area contributed by atoms with Crippen molar-refractivity contribution in [2.75, 3.05) is 6.54 Å². The molecule has 7 heteroatoms. The lowest BCUT2D eigenvalue weighted by molar-refractivity contribution is 0.0920. The first kappa shape index (κ1) is 24.1. The molecule has 0 saturated carbocycles. The Hall–Kier alpha value is -1.60. The van der Waals surface area contributed by atoms with Crippen molar-refractivity contribution >= 4 is 22.2 Å². The number of hydrogen-bond acceptors (Lipinski definition) is 5. The lowest BCUT2D eigenvalue weighted by atomic mass is 9.81. The largest absolute Gasteiger partial charge is 0.490 e. The van der Waals surface area contributed by atoms with E-state index in [4.69, 9.17) is 10.6 Å². The van der Waals surface area contributed by atoms with Crippen LogP contribution in [0.15, 0.2) is 47.4 Å². The van der Waals surface area contributed by atoms with Gasteiger partial charge < -0.3 is 4.74 Å². The number of sulfone groups is 1. The maximum absolute atomic E-state index is 12.9. The van der Waals surface area contributed by atoms with Gasteiger partial charge in [0.1, 0.15) is 11.9 Å². The Balaban J connectivity index is 0.00000272. The lowest BCUT2D eigenvalue weighted by Gasteiger charge is -2.39. The van der Waals surface area contributed by atoms with Gasteiger partial charge in [-0.3, -0.25) is 5.84 Å². The summed E-state index contributed by atoms with van der Waals surface area (Å²) in [5, 5.41) is 1.50. The molecule has 4 rings (SSSR count). The number of fused-ring (bicyclic) bond motifs is 1. The number of hydrogen-bond donors (Lipinski definition) is 1. The van der Waals surface area contributed by atoms with Crippen molar-refractivity contribution < 1.29 is 13.2 Å². The van der Waals surface area contributed by atoms with Gasteiger partial charge in [0.05, 0.1) is 16.2 Å². The smallest absolute Gasteiger partial charge is 0.180 e. The summed E-state index contributed by atoms with van der Waals surface area (Å²) in [5.74, 6) is 7.61. The van der Waals surface area contributed by atoms with Gasteiger partial charge in [-0.15, -0.1) is 12.4 Å². The Morgan fingerprint density at radius 2 is 1.90 bits per heavy atom. The van der Waals surface area contributed by atoms with Crippen LogP contribution in [0.5, 0.6) is 5.75 Å². The maximum Gasteiger partial charge on any atom is 0.180 e. The Morgan fingerprint density at radius 1 is 1.19 bits per heavy atom. The highest BCUT2D eigenvalue weighted by atomic mass is 35.5. The number of halogens is 1. The third-order valence-electron chi connectivity index (χ3n) is 6.41. The minimum absolute atomic E-state index is 0. The SMILES string of the molecule is CC(C)S(=O)(=O)c1cc(C[C@@H]2CCCN(N)C2c2ccccc2)c2c(c1)C[C@H](C)O2.Cl. The zero-order valence-electron chi connectivity index (χ0n) is 18.5. The summed E-state index contributed by atoms with van der Waals surface area (Å²) >= 11 is 0. The van der Waals surface area contributed by atoms with Crippen molar-refractivity contribution in [2.24, 2.45) is 11.8 Å². The van der Waals surface area contributed by atoms with Crippen LogP contribution in [0, 0.1) is 5.92 Å². The van der Waals surface area contributed by atoms with Crippen molar-refractivity contribution in [3.63, 3.8) is 0 Å². The zero-order valence-corrected chi connectivity index (χ0v) is 20.1. The Bertz CT molecular complexity index is 1010. The highest BCUT2D eigenvalue weighted by Crippen LogP contribution is 2.41. The number of ether oxygens (including phenoxy) is 1. The minimum atomic E-state index is -3.35. The molecule has 1 fully saturated rings. The Kier molecular flexibility index (Phi) is 7.36. The normalized spacial score (nSPS) is 23.8. The summed E-state index contributed by atoms with van der Waals surface area (Å²) in [6.45, 7) is 6.37. The van der Waals surface area contributed by atoms with Crippen molar-refractivity contribution in [3.8, 4) is 5.75 Å². The average molecular weight is 465 g/mol. The second-order valence-corrected chi connectivity index (χ2v) is 11.5. The average Bonchev–Trinajstić information content (AvgIpc) is 3.09. The number of nitrogens with zero attached hydrogens (tertiary/aromatic N) is 1. The minimum Gasteiger partial charge on any atom is -0.490 e. The Morgan fingerprint density at radius 3 is 2.58 bits per heavy atom. The van der Waals surface area contributed by atoms with E-state index in [9.17, 15) is 8.42 Å². The second-order valence-electron chi connectivity index (χ2n) is 9.00. The summed E-state index contributed by atoms with van der Waals surface area (Å²) in [6, 6.07) is 14.2. The van der Waals surface area contributed by atoms with Crippen molar-refractivity contribution in [2.45, 2.75) is 68.7 Å². The van der Waals surface area contributed by atoms with Crippen molar-refractivity contribution in [3.05, 3.63) is 59.2 Å². The van der Waals surface area contributed by atoms with E-state index >= 15 is 0 Å². The fraction of sp³-hybridized carbons (Fsp3) is 0.500. The molecule has 0 spiro atoms. The van der Waals surface area contributed by atoms with Gasteiger partial charge in [0.2, 0.25) is 0 Å². The number of nitrogens with two attached hydrogens (primary N) is 1. The molecule has 1 saturated heterocycles. The van der Waals surface area contributed by atoms with E-state index in [1.165, 1.54) is 5.56 Å². The first-order chi connectivity index (χ1) is 14.3. The van der Waals surface area contributed by atoms with Crippen LogP contribution in [-0.2, 0) is 22.7 Å². The Labute approximate surface area is 192 Å². The fourth-order valence-corrected chi connectivity index (χ4v) is 6.04. The zero-order chi connectivity index (χ0) is 21.5. The molecule has 2 aromatic carbocycles. The molecule has 0 aromatic heterocycles. The third-order valence-corrected chi connectivity index (χ3v) is 8.54. The number of hydrazine groups is 1. The molecule has 0 radical (unpaired) electrons. The first-order valence-corrected chi connectivity index (χ1v) is 12.4. The van der Waals surface area contributed by atoms with Crippen LogP contribution in [0.1, 0.15) is 56.3 Å². The highest BCUT2D eigenvalue weighted by molar-refractivity contribution is 7.92.